The minimum atomic E-state index is -0.225. The lowest BCUT2D eigenvalue weighted by atomic mass is 10.1. The van der Waals surface area contributed by atoms with Crippen LogP contribution < -0.4 is 15.8 Å². The fraction of sp³-hybridized carbons (Fsp3) is 0.364. The molecule has 1 saturated heterocycles. The minimum Gasteiger partial charge on any atom is -0.371 e. The molecule has 1 aromatic heterocycles. The number of hydrogen-bond donors (Lipinski definition) is 1. The van der Waals surface area contributed by atoms with Gasteiger partial charge in [0.15, 0.2) is 0 Å². The monoisotopic (exact) mass is 425 g/mol. The Kier molecular flexibility index (Phi) is 5.99. The van der Waals surface area contributed by atoms with Gasteiger partial charge in [0.25, 0.3) is 5.56 Å². The zero-order valence-electron chi connectivity index (χ0n) is 16.8. The van der Waals surface area contributed by atoms with Crippen molar-refractivity contribution in [2.24, 2.45) is 5.92 Å². The normalized spacial score (nSPS) is 16.2. The Morgan fingerprint density at radius 1 is 1.27 bits per heavy atom. The minimum absolute atomic E-state index is 0.0887. The van der Waals surface area contributed by atoms with Gasteiger partial charge in [-0.3, -0.25) is 9.59 Å². The van der Waals surface area contributed by atoms with Crippen molar-refractivity contribution >= 4 is 34.1 Å². The highest BCUT2D eigenvalue weighted by molar-refractivity contribution is 6.30. The molecular formula is C22H24ClN5O2. The van der Waals surface area contributed by atoms with Gasteiger partial charge < -0.3 is 10.2 Å². The van der Waals surface area contributed by atoms with Gasteiger partial charge in [0, 0.05) is 36.8 Å². The maximum Gasteiger partial charge on any atom is 0.277 e. The van der Waals surface area contributed by atoms with Gasteiger partial charge in [-0.25, -0.2) is 4.68 Å². The maximum absolute atomic E-state index is 12.4. The number of nitrogens with zero attached hydrogens (tertiary/aromatic N) is 4. The van der Waals surface area contributed by atoms with E-state index >= 15 is 0 Å². The van der Waals surface area contributed by atoms with Crippen molar-refractivity contribution in [3.63, 3.8) is 0 Å². The number of hydrogen-bond acceptors (Lipinski definition) is 5. The molecule has 1 fully saturated rings. The van der Waals surface area contributed by atoms with Crippen LogP contribution in [0.15, 0.2) is 47.3 Å². The maximum atomic E-state index is 12.4. The van der Waals surface area contributed by atoms with Crippen LogP contribution in [0.3, 0.4) is 0 Å². The number of rotatable bonds is 6. The largest absolute Gasteiger partial charge is 0.371 e. The molecule has 1 aliphatic heterocycles. The lowest BCUT2D eigenvalue weighted by Gasteiger charge is -2.21. The Morgan fingerprint density at radius 2 is 2.10 bits per heavy atom. The molecule has 2 heterocycles. The predicted molar refractivity (Wildman–Crippen MR) is 118 cm³/mol. The molecule has 156 valence electrons. The number of aryl methyl sites for hydroxylation is 2. The second-order valence-corrected chi connectivity index (χ2v) is 8.16. The molecule has 3 aromatic rings. The van der Waals surface area contributed by atoms with Crippen LogP contribution in [0.5, 0.6) is 0 Å². The summed E-state index contributed by atoms with van der Waals surface area (Å²) in [4.78, 5) is 27.1. The van der Waals surface area contributed by atoms with Gasteiger partial charge in [-0.05, 0) is 49.1 Å². The third-order valence-corrected chi connectivity index (χ3v) is 5.80. The first kappa shape index (κ1) is 20.3. The summed E-state index contributed by atoms with van der Waals surface area (Å²) in [5.74, 6) is 0.296. The number of carbonyl (C=O) groups is 1. The van der Waals surface area contributed by atoms with E-state index in [1.165, 1.54) is 10.2 Å². The highest BCUT2D eigenvalue weighted by atomic mass is 35.5. The molecule has 0 aliphatic carbocycles. The molecule has 0 bridgehead atoms. The van der Waals surface area contributed by atoms with Gasteiger partial charge in [-0.15, -0.1) is 5.10 Å². The fourth-order valence-corrected chi connectivity index (χ4v) is 4.03. The second kappa shape index (κ2) is 8.83. The molecule has 1 atom stereocenters. The first-order chi connectivity index (χ1) is 14.5. The SMILES string of the molecule is Cc1ccc(Cl)cc1N1CCC(CNC(=O)CCn2nnc3ccccc3c2=O)C1. The number of halogens is 1. The van der Waals surface area contributed by atoms with Crippen molar-refractivity contribution in [1.29, 1.82) is 0 Å². The Bertz CT molecular complexity index is 1130. The molecule has 1 aliphatic rings. The quantitative estimate of drug-likeness (QED) is 0.656. The topological polar surface area (TPSA) is 80.1 Å². The van der Waals surface area contributed by atoms with Crippen molar-refractivity contribution in [2.75, 3.05) is 24.5 Å². The summed E-state index contributed by atoms with van der Waals surface area (Å²) in [6.07, 6.45) is 1.21. The number of amides is 1. The highest BCUT2D eigenvalue weighted by Crippen LogP contribution is 2.29. The van der Waals surface area contributed by atoms with Crippen LogP contribution in [0.1, 0.15) is 18.4 Å². The number of benzene rings is 2. The molecule has 8 heteroatoms. The van der Waals surface area contributed by atoms with Gasteiger partial charge in [0.2, 0.25) is 5.91 Å². The fourth-order valence-electron chi connectivity index (χ4n) is 3.87. The zero-order valence-corrected chi connectivity index (χ0v) is 17.6. The van der Waals surface area contributed by atoms with E-state index in [4.69, 9.17) is 11.6 Å². The Balaban J connectivity index is 1.28. The molecule has 1 N–H and O–H groups in total. The van der Waals surface area contributed by atoms with Crippen LogP contribution in [0, 0.1) is 12.8 Å². The van der Waals surface area contributed by atoms with Crippen LogP contribution in [-0.4, -0.2) is 40.5 Å². The number of anilines is 1. The lowest BCUT2D eigenvalue weighted by molar-refractivity contribution is -0.121. The standard InChI is InChI=1S/C22H24ClN5O2/c1-15-6-7-17(23)12-20(15)27-10-8-16(14-27)13-24-21(29)9-11-28-22(30)18-4-2-3-5-19(18)25-26-28/h2-7,12,16H,8-11,13-14H2,1H3,(H,24,29). The summed E-state index contributed by atoms with van der Waals surface area (Å²) in [7, 11) is 0. The first-order valence-electron chi connectivity index (χ1n) is 10.1. The number of nitrogens with one attached hydrogen (secondary N) is 1. The summed E-state index contributed by atoms with van der Waals surface area (Å²) < 4.78 is 1.25. The Labute approximate surface area is 179 Å². The molecule has 1 amide bonds. The van der Waals surface area contributed by atoms with E-state index in [2.05, 4.69) is 27.5 Å². The third-order valence-electron chi connectivity index (χ3n) is 5.57. The van der Waals surface area contributed by atoms with E-state index < -0.39 is 0 Å². The van der Waals surface area contributed by atoms with E-state index in [-0.39, 0.29) is 24.4 Å². The van der Waals surface area contributed by atoms with E-state index in [1.807, 2.05) is 24.3 Å². The van der Waals surface area contributed by atoms with E-state index in [0.29, 0.717) is 23.4 Å². The third kappa shape index (κ3) is 4.46. The number of fused-ring (bicyclic) bond motifs is 1. The lowest BCUT2D eigenvalue weighted by Crippen LogP contribution is -2.33. The van der Waals surface area contributed by atoms with Crippen LogP contribution in [0.4, 0.5) is 5.69 Å². The molecule has 1 unspecified atom stereocenters. The Hall–Kier alpha value is -2.93. The van der Waals surface area contributed by atoms with Crippen molar-refractivity contribution in [3.8, 4) is 0 Å². The average molecular weight is 426 g/mol. The first-order valence-corrected chi connectivity index (χ1v) is 10.5. The van der Waals surface area contributed by atoms with Crippen molar-refractivity contribution in [1.82, 2.24) is 20.3 Å². The second-order valence-electron chi connectivity index (χ2n) is 7.72. The van der Waals surface area contributed by atoms with E-state index in [1.54, 1.807) is 18.2 Å². The van der Waals surface area contributed by atoms with Crippen LogP contribution in [0.2, 0.25) is 5.02 Å². The van der Waals surface area contributed by atoms with Gasteiger partial charge in [0.1, 0.15) is 5.52 Å². The van der Waals surface area contributed by atoms with E-state index in [0.717, 1.165) is 30.2 Å². The van der Waals surface area contributed by atoms with Gasteiger partial charge in [-0.2, -0.15) is 0 Å². The molecule has 7 nitrogen and oxygen atoms in total. The van der Waals surface area contributed by atoms with E-state index in [9.17, 15) is 9.59 Å². The molecule has 2 aromatic carbocycles. The highest BCUT2D eigenvalue weighted by Gasteiger charge is 2.24. The van der Waals surface area contributed by atoms with Crippen molar-refractivity contribution in [2.45, 2.75) is 26.3 Å². The summed E-state index contributed by atoms with van der Waals surface area (Å²) in [6.45, 7) is 4.74. The summed E-state index contributed by atoms with van der Waals surface area (Å²) in [5, 5.41) is 12.2. The average Bonchev–Trinajstić information content (AvgIpc) is 3.22. The molecule has 0 spiro atoms. The predicted octanol–water partition coefficient (Wildman–Crippen LogP) is 2.79. The van der Waals surface area contributed by atoms with Gasteiger partial charge in [0.05, 0.1) is 11.9 Å². The molecule has 4 rings (SSSR count). The van der Waals surface area contributed by atoms with Crippen LogP contribution in [-0.2, 0) is 11.3 Å². The smallest absolute Gasteiger partial charge is 0.277 e. The van der Waals surface area contributed by atoms with Gasteiger partial charge >= 0.3 is 0 Å². The van der Waals surface area contributed by atoms with Crippen molar-refractivity contribution < 1.29 is 4.79 Å². The van der Waals surface area contributed by atoms with Crippen molar-refractivity contribution in [3.05, 3.63) is 63.4 Å². The molecule has 30 heavy (non-hydrogen) atoms. The zero-order chi connectivity index (χ0) is 21.1. The molecule has 0 radical (unpaired) electrons. The molecular weight excluding hydrogens is 402 g/mol. The number of aromatic nitrogens is 3. The summed E-state index contributed by atoms with van der Waals surface area (Å²) in [5.41, 5.74) is 2.69. The summed E-state index contributed by atoms with van der Waals surface area (Å²) >= 11 is 6.15. The van der Waals surface area contributed by atoms with Gasteiger partial charge in [-0.1, -0.05) is 35.0 Å². The Morgan fingerprint density at radius 3 is 2.97 bits per heavy atom. The molecule has 0 saturated carbocycles. The number of carbonyl (C=O) groups excluding carboxylic acids is 1. The summed E-state index contributed by atoms with van der Waals surface area (Å²) in [6, 6.07) is 13.0. The van der Waals surface area contributed by atoms with Crippen LogP contribution >= 0.6 is 11.6 Å². The van der Waals surface area contributed by atoms with Crippen LogP contribution in [0.25, 0.3) is 10.9 Å².